The van der Waals surface area contributed by atoms with Crippen LogP contribution >= 0.6 is 46.4 Å². The van der Waals surface area contributed by atoms with Gasteiger partial charge in [0.05, 0.1) is 10.6 Å². The van der Waals surface area contributed by atoms with Crippen LogP contribution in [0.4, 0.5) is 5.69 Å². The lowest BCUT2D eigenvalue weighted by Gasteiger charge is -2.12. The largest absolute Gasteiger partial charge is 0.276 e. The van der Waals surface area contributed by atoms with Crippen molar-refractivity contribution in [2.75, 3.05) is 4.72 Å². The van der Waals surface area contributed by atoms with Crippen LogP contribution in [0, 0.1) is 6.92 Å². The van der Waals surface area contributed by atoms with Crippen LogP contribution in [0.25, 0.3) is 0 Å². The van der Waals surface area contributed by atoms with Crippen molar-refractivity contribution in [1.82, 2.24) is 4.98 Å². The molecule has 1 heterocycles. The van der Waals surface area contributed by atoms with E-state index in [1.165, 1.54) is 24.3 Å². The second-order valence-electron chi connectivity index (χ2n) is 4.14. The topological polar surface area (TPSA) is 59.1 Å². The van der Waals surface area contributed by atoms with E-state index in [9.17, 15) is 8.42 Å². The van der Waals surface area contributed by atoms with Crippen molar-refractivity contribution in [2.24, 2.45) is 0 Å². The van der Waals surface area contributed by atoms with Gasteiger partial charge in [0.1, 0.15) is 5.15 Å². The van der Waals surface area contributed by atoms with Gasteiger partial charge in [-0.15, -0.1) is 0 Å². The molecule has 0 unspecified atom stereocenters. The van der Waals surface area contributed by atoms with Crippen LogP contribution in [-0.2, 0) is 10.0 Å². The summed E-state index contributed by atoms with van der Waals surface area (Å²) in [6.45, 7) is 1.66. The van der Waals surface area contributed by atoms with Gasteiger partial charge in [0.25, 0.3) is 10.0 Å². The summed E-state index contributed by atoms with van der Waals surface area (Å²) in [6, 6.07) is 5.49. The van der Waals surface area contributed by atoms with E-state index in [0.29, 0.717) is 5.56 Å². The van der Waals surface area contributed by atoms with E-state index in [-0.39, 0.29) is 30.9 Å². The predicted octanol–water partition coefficient (Wildman–Crippen LogP) is 4.80. The Labute approximate surface area is 142 Å². The van der Waals surface area contributed by atoms with E-state index >= 15 is 0 Å². The number of nitrogens with zero attached hydrogens (tertiary/aromatic N) is 1. The Morgan fingerprint density at radius 1 is 1.00 bits per heavy atom. The molecule has 1 aromatic heterocycles. The highest BCUT2D eigenvalue weighted by Crippen LogP contribution is 2.30. The Kier molecular flexibility index (Phi) is 4.90. The Hall–Kier alpha value is -0.720. The van der Waals surface area contributed by atoms with Gasteiger partial charge in [-0.1, -0.05) is 46.4 Å². The summed E-state index contributed by atoms with van der Waals surface area (Å²) in [5.74, 6) is 0. The fraction of sp³-hybridized carbons (Fsp3) is 0.0833. The minimum Gasteiger partial charge on any atom is -0.276 e. The van der Waals surface area contributed by atoms with E-state index < -0.39 is 10.0 Å². The summed E-state index contributed by atoms with van der Waals surface area (Å²) < 4.78 is 27.0. The van der Waals surface area contributed by atoms with Crippen LogP contribution in [0.5, 0.6) is 0 Å². The Balaban J connectivity index is 2.47. The van der Waals surface area contributed by atoms with E-state index in [0.717, 1.165) is 0 Å². The van der Waals surface area contributed by atoms with Crippen LogP contribution in [-0.4, -0.2) is 13.4 Å². The van der Waals surface area contributed by atoms with Crippen LogP contribution < -0.4 is 4.72 Å². The molecule has 9 heteroatoms. The Morgan fingerprint density at radius 2 is 1.57 bits per heavy atom. The quantitative estimate of drug-likeness (QED) is 0.771. The molecule has 112 valence electrons. The van der Waals surface area contributed by atoms with Gasteiger partial charge < -0.3 is 0 Å². The fourth-order valence-electron chi connectivity index (χ4n) is 1.60. The summed E-state index contributed by atoms with van der Waals surface area (Å²) in [7, 11) is -3.90. The number of hydrogen-bond acceptors (Lipinski definition) is 3. The second kappa shape index (κ2) is 6.18. The van der Waals surface area contributed by atoms with Gasteiger partial charge in [0.15, 0.2) is 5.15 Å². The molecule has 0 amide bonds. The summed E-state index contributed by atoms with van der Waals surface area (Å²) in [5.41, 5.74) is 0.689. The first-order chi connectivity index (χ1) is 9.69. The molecule has 2 aromatic rings. The number of hydrogen-bond donors (Lipinski definition) is 1. The summed E-state index contributed by atoms with van der Waals surface area (Å²) in [6.07, 6.45) is 0. The zero-order valence-corrected chi connectivity index (χ0v) is 14.3. The Morgan fingerprint density at radius 3 is 2.10 bits per heavy atom. The maximum Gasteiger partial charge on any atom is 0.262 e. The maximum atomic E-state index is 12.3. The molecule has 1 N–H and O–H groups in total. The molecule has 1 aromatic carbocycles. The average Bonchev–Trinajstić information content (AvgIpc) is 2.32. The molecule has 0 radical (unpaired) electrons. The summed E-state index contributed by atoms with van der Waals surface area (Å²) >= 11 is 23.3. The number of aryl methyl sites for hydroxylation is 1. The van der Waals surface area contributed by atoms with Gasteiger partial charge in [0, 0.05) is 10.0 Å². The number of halogens is 4. The third kappa shape index (κ3) is 3.93. The second-order valence-corrected chi connectivity index (χ2v) is 7.44. The van der Waals surface area contributed by atoms with Crippen LogP contribution in [0.15, 0.2) is 29.2 Å². The smallest absolute Gasteiger partial charge is 0.262 e. The first kappa shape index (κ1) is 16.6. The number of pyridine rings is 1. The van der Waals surface area contributed by atoms with E-state index in [1.807, 2.05) is 0 Å². The third-order valence-electron chi connectivity index (χ3n) is 2.52. The van der Waals surface area contributed by atoms with Gasteiger partial charge in [0.2, 0.25) is 0 Å². The molecule has 2 rings (SSSR count). The van der Waals surface area contributed by atoms with E-state index in [2.05, 4.69) is 9.71 Å². The minimum atomic E-state index is -3.90. The van der Waals surface area contributed by atoms with Crippen molar-refractivity contribution in [3.8, 4) is 0 Å². The molecule has 0 aliphatic heterocycles. The van der Waals surface area contributed by atoms with Gasteiger partial charge >= 0.3 is 0 Å². The zero-order valence-electron chi connectivity index (χ0n) is 10.5. The molecule has 0 bridgehead atoms. The highest BCUT2D eigenvalue weighted by Gasteiger charge is 2.19. The predicted molar refractivity (Wildman–Crippen MR) is 86.3 cm³/mol. The van der Waals surface area contributed by atoms with Crippen molar-refractivity contribution in [3.63, 3.8) is 0 Å². The minimum absolute atomic E-state index is 0.0447. The number of benzene rings is 1. The Bertz CT molecular complexity index is 766. The average molecular weight is 386 g/mol. The number of rotatable bonds is 3. The number of anilines is 1. The van der Waals surface area contributed by atoms with Gasteiger partial charge in [-0.3, -0.25) is 4.72 Å². The van der Waals surface area contributed by atoms with Crippen molar-refractivity contribution in [3.05, 3.63) is 50.2 Å². The zero-order chi connectivity index (χ0) is 15.8. The first-order valence-electron chi connectivity index (χ1n) is 5.50. The first-order valence-corrected chi connectivity index (χ1v) is 8.50. The number of aromatic nitrogens is 1. The summed E-state index contributed by atoms with van der Waals surface area (Å²) in [5, 5.41) is 0.544. The number of nitrogens with one attached hydrogen (secondary N) is 1. The van der Waals surface area contributed by atoms with Crippen molar-refractivity contribution in [1.29, 1.82) is 0 Å². The molecule has 21 heavy (non-hydrogen) atoms. The molecular formula is C12H8Cl4N2O2S. The molecule has 0 atom stereocenters. The molecule has 0 spiro atoms. The van der Waals surface area contributed by atoms with E-state index in [4.69, 9.17) is 46.4 Å². The SMILES string of the molecule is Cc1cc(Cl)nc(Cl)c1NS(=O)(=O)c1cc(Cl)cc(Cl)c1. The molecule has 4 nitrogen and oxygen atoms in total. The third-order valence-corrected chi connectivity index (χ3v) is 4.76. The lowest BCUT2D eigenvalue weighted by atomic mass is 10.3. The standard InChI is InChI=1S/C12H8Cl4N2O2S/c1-6-2-10(15)17-12(16)11(6)18-21(19,20)9-4-7(13)3-8(14)5-9/h2-5,18H,1H3. The molecular weight excluding hydrogens is 378 g/mol. The molecule has 0 saturated heterocycles. The van der Waals surface area contributed by atoms with E-state index in [1.54, 1.807) is 6.92 Å². The normalized spacial score (nSPS) is 11.5. The fourth-order valence-corrected chi connectivity index (χ4v) is 4.09. The van der Waals surface area contributed by atoms with Crippen LogP contribution in [0.1, 0.15) is 5.56 Å². The lowest BCUT2D eigenvalue weighted by molar-refractivity contribution is 0.601. The molecule has 0 fully saturated rings. The van der Waals surface area contributed by atoms with Gasteiger partial charge in [-0.2, -0.15) is 0 Å². The van der Waals surface area contributed by atoms with Gasteiger partial charge in [-0.05, 0) is 36.8 Å². The van der Waals surface area contributed by atoms with Crippen molar-refractivity contribution in [2.45, 2.75) is 11.8 Å². The van der Waals surface area contributed by atoms with Crippen molar-refractivity contribution < 1.29 is 8.42 Å². The number of sulfonamides is 1. The molecule has 0 saturated carbocycles. The lowest BCUT2D eigenvalue weighted by Crippen LogP contribution is -2.14. The molecule has 0 aliphatic rings. The summed E-state index contributed by atoms with van der Waals surface area (Å²) in [4.78, 5) is 3.72. The highest BCUT2D eigenvalue weighted by atomic mass is 35.5. The van der Waals surface area contributed by atoms with Crippen molar-refractivity contribution >= 4 is 62.1 Å². The molecule has 0 aliphatic carbocycles. The maximum absolute atomic E-state index is 12.3. The monoisotopic (exact) mass is 384 g/mol. The van der Waals surface area contributed by atoms with Crippen LogP contribution in [0.2, 0.25) is 20.4 Å². The van der Waals surface area contributed by atoms with Crippen LogP contribution in [0.3, 0.4) is 0 Å². The van der Waals surface area contributed by atoms with Gasteiger partial charge in [-0.25, -0.2) is 13.4 Å². The highest BCUT2D eigenvalue weighted by molar-refractivity contribution is 7.92.